The van der Waals surface area contributed by atoms with Gasteiger partial charge >= 0.3 is 0 Å². The maximum Gasteiger partial charge on any atom is 0.252 e. The molecule has 100 valence electrons. The Kier molecular flexibility index (Phi) is 4.55. The molecule has 0 unspecified atom stereocenters. The van der Waals surface area contributed by atoms with Crippen molar-refractivity contribution >= 4 is 33.4 Å². The van der Waals surface area contributed by atoms with Gasteiger partial charge in [-0.3, -0.25) is 4.79 Å². The van der Waals surface area contributed by atoms with Crippen molar-refractivity contribution in [2.45, 2.75) is 13.3 Å². The zero-order valence-corrected chi connectivity index (χ0v) is 12.5. The first-order valence-electron chi connectivity index (χ1n) is 5.58. The summed E-state index contributed by atoms with van der Waals surface area (Å²) in [6.07, 6.45) is 0.515. The molecule has 5 nitrogen and oxygen atoms in total. The molecule has 0 atom stereocenters. The Hall–Kier alpha value is -1.40. The van der Waals surface area contributed by atoms with Crippen LogP contribution < -0.4 is 5.32 Å². The molecule has 2 aromatic rings. The molecule has 0 spiro atoms. The number of hydrogen-bond acceptors (Lipinski definition) is 4. The number of carbonyl (C=O) groups is 1. The number of nitrogens with one attached hydrogen (secondary N) is 1. The van der Waals surface area contributed by atoms with Crippen LogP contribution in [0.2, 0.25) is 5.02 Å². The molecule has 1 heterocycles. The molecule has 1 N–H and O–H groups in total. The Morgan fingerprint density at radius 2 is 2.32 bits per heavy atom. The summed E-state index contributed by atoms with van der Waals surface area (Å²) in [6.45, 7) is 2.15. The van der Waals surface area contributed by atoms with Crippen molar-refractivity contribution in [2.75, 3.05) is 6.54 Å². The molecular formula is C12H11BrClN3O2. The van der Waals surface area contributed by atoms with Crippen LogP contribution in [0.4, 0.5) is 0 Å². The summed E-state index contributed by atoms with van der Waals surface area (Å²) in [7, 11) is 0. The molecular weight excluding hydrogens is 334 g/mol. The van der Waals surface area contributed by atoms with Crippen LogP contribution >= 0.6 is 27.5 Å². The van der Waals surface area contributed by atoms with Crippen molar-refractivity contribution in [3.63, 3.8) is 0 Å². The molecule has 0 aliphatic heterocycles. The second-order valence-corrected chi connectivity index (χ2v) is 5.15. The van der Waals surface area contributed by atoms with Gasteiger partial charge in [0, 0.05) is 29.4 Å². The Morgan fingerprint density at radius 3 is 3.00 bits per heavy atom. The van der Waals surface area contributed by atoms with E-state index >= 15 is 0 Å². The van der Waals surface area contributed by atoms with E-state index in [9.17, 15) is 4.79 Å². The minimum atomic E-state index is -0.199. The van der Waals surface area contributed by atoms with Gasteiger partial charge < -0.3 is 9.84 Å². The molecule has 7 heteroatoms. The normalized spacial score (nSPS) is 10.5. The number of hydrogen-bond donors (Lipinski definition) is 1. The van der Waals surface area contributed by atoms with E-state index in [1.165, 1.54) is 0 Å². The number of aromatic nitrogens is 2. The summed E-state index contributed by atoms with van der Waals surface area (Å²) >= 11 is 9.17. The number of nitrogens with zero attached hydrogens (tertiary/aromatic N) is 2. The van der Waals surface area contributed by atoms with Gasteiger partial charge in [0.2, 0.25) is 5.89 Å². The molecule has 1 aromatic carbocycles. The van der Waals surface area contributed by atoms with E-state index in [2.05, 4.69) is 31.4 Å². The Balaban J connectivity index is 1.92. The number of rotatable bonds is 4. The predicted octanol–water partition coefficient (Wildman–Crippen LogP) is 2.77. The van der Waals surface area contributed by atoms with Crippen molar-refractivity contribution in [1.82, 2.24) is 15.5 Å². The summed E-state index contributed by atoms with van der Waals surface area (Å²) in [4.78, 5) is 16.0. The number of carbonyl (C=O) groups excluding carboxylic acids is 1. The highest BCUT2D eigenvalue weighted by atomic mass is 79.9. The van der Waals surface area contributed by atoms with Crippen LogP contribution in [0, 0.1) is 6.92 Å². The van der Waals surface area contributed by atoms with Gasteiger partial charge in [-0.1, -0.05) is 16.8 Å². The fourth-order valence-electron chi connectivity index (χ4n) is 1.50. The van der Waals surface area contributed by atoms with E-state index in [1.807, 2.05) is 0 Å². The summed E-state index contributed by atoms with van der Waals surface area (Å²) in [5, 5.41) is 7.04. The van der Waals surface area contributed by atoms with Gasteiger partial charge in [0.25, 0.3) is 5.91 Å². The molecule has 0 aliphatic carbocycles. The van der Waals surface area contributed by atoms with E-state index in [-0.39, 0.29) is 5.91 Å². The van der Waals surface area contributed by atoms with Crippen molar-refractivity contribution < 1.29 is 9.32 Å². The zero-order chi connectivity index (χ0) is 13.8. The second-order valence-electron chi connectivity index (χ2n) is 3.86. The lowest BCUT2D eigenvalue weighted by Gasteiger charge is -2.06. The van der Waals surface area contributed by atoms with Crippen molar-refractivity contribution in [3.05, 3.63) is 45.0 Å². The van der Waals surface area contributed by atoms with E-state index in [1.54, 1.807) is 25.1 Å². The highest BCUT2D eigenvalue weighted by Gasteiger charge is 2.10. The average molecular weight is 345 g/mol. The lowest BCUT2D eigenvalue weighted by atomic mass is 10.2. The molecule has 0 bridgehead atoms. The van der Waals surface area contributed by atoms with Crippen LogP contribution in [0.15, 0.2) is 27.2 Å². The van der Waals surface area contributed by atoms with Crippen LogP contribution in [0.1, 0.15) is 22.1 Å². The van der Waals surface area contributed by atoms with Crippen LogP contribution in [0.3, 0.4) is 0 Å². The third-order valence-corrected chi connectivity index (χ3v) is 3.30. The first-order chi connectivity index (χ1) is 9.06. The topological polar surface area (TPSA) is 68.0 Å². The van der Waals surface area contributed by atoms with E-state index < -0.39 is 0 Å². The Labute approximate surface area is 123 Å². The molecule has 2 rings (SSSR count). The lowest BCUT2D eigenvalue weighted by molar-refractivity contribution is 0.0953. The molecule has 0 radical (unpaired) electrons. The van der Waals surface area contributed by atoms with E-state index in [0.717, 1.165) is 0 Å². The monoisotopic (exact) mass is 343 g/mol. The fraction of sp³-hybridized carbons (Fsp3) is 0.250. The minimum Gasteiger partial charge on any atom is -0.352 e. The quantitative estimate of drug-likeness (QED) is 0.926. The van der Waals surface area contributed by atoms with Crippen molar-refractivity contribution in [2.24, 2.45) is 0 Å². The Morgan fingerprint density at radius 1 is 1.53 bits per heavy atom. The number of benzene rings is 1. The smallest absolute Gasteiger partial charge is 0.252 e. The molecule has 19 heavy (non-hydrogen) atoms. The maximum atomic E-state index is 11.9. The summed E-state index contributed by atoms with van der Waals surface area (Å²) < 4.78 is 5.54. The molecule has 0 saturated heterocycles. The van der Waals surface area contributed by atoms with Gasteiger partial charge in [-0.2, -0.15) is 4.98 Å². The van der Waals surface area contributed by atoms with Crippen LogP contribution in [-0.2, 0) is 6.42 Å². The molecule has 0 saturated carbocycles. The number of halogens is 2. The second kappa shape index (κ2) is 6.16. The van der Waals surface area contributed by atoms with Gasteiger partial charge in [0.1, 0.15) is 0 Å². The van der Waals surface area contributed by atoms with Crippen LogP contribution in [0.25, 0.3) is 0 Å². The summed E-state index contributed by atoms with van der Waals surface area (Å²) in [5.41, 5.74) is 0.497. The SMILES string of the molecule is Cc1nc(CCNC(=O)c2cc(Cl)ccc2Br)no1. The lowest BCUT2D eigenvalue weighted by Crippen LogP contribution is -2.26. The molecule has 0 fully saturated rings. The molecule has 0 aliphatic rings. The van der Waals surface area contributed by atoms with Gasteiger partial charge in [-0.05, 0) is 34.1 Å². The first-order valence-corrected chi connectivity index (χ1v) is 6.76. The molecule has 1 amide bonds. The first kappa shape index (κ1) is 14.0. The van der Waals surface area contributed by atoms with Crippen LogP contribution in [-0.4, -0.2) is 22.6 Å². The van der Waals surface area contributed by atoms with E-state index in [0.29, 0.717) is 39.7 Å². The highest BCUT2D eigenvalue weighted by Crippen LogP contribution is 2.20. The van der Waals surface area contributed by atoms with E-state index in [4.69, 9.17) is 16.1 Å². The predicted molar refractivity (Wildman–Crippen MR) is 74.2 cm³/mol. The average Bonchev–Trinajstić information content (AvgIpc) is 2.78. The third kappa shape index (κ3) is 3.78. The highest BCUT2D eigenvalue weighted by molar-refractivity contribution is 9.10. The van der Waals surface area contributed by atoms with Gasteiger partial charge in [0.05, 0.1) is 5.56 Å². The van der Waals surface area contributed by atoms with Crippen molar-refractivity contribution in [1.29, 1.82) is 0 Å². The van der Waals surface area contributed by atoms with Gasteiger partial charge in [-0.25, -0.2) is 0 Å². The third-order valence-electron chi connectivity index (χ3n) is 2.38. The molecule has 1 aromatic heterocycles. The summed E-state index contributed by atoms with van der Waals surface area (Å²) in [5.74, 6) is 0.886. The largest absolute Gasteiger partial charge is 0.352 e. The standard InChI is InChI=1S/C12H11BrClN3O2/c1-7-16-11(17-19-7)4-5-15-12(18)9-6-8(14)2-3-10(9)13/h2-3,6H,4-5H2,1H3,(H,15,18). The maximum absolute atomic E-state index is 11.9. The van der Waals surface area contributed by atoms with Crippen molar-refractivity contribution in [3.8, 4) is 0 Å². The fourth-order valence-corrected chi connectivity index (χ4v) is 2.10. The Bertz CT molecular complexity index is 600. The summed E-state index contributed by atoms with van der Waals surface area (Å²) in [6, 6.07) is 5.06. The number of aryl methyl sites for hydroxylation is 1. The van der Waals surface area contributed by atoms with Crippen LogP contribution in [0.5, 0.6) is 0 Å². The van der Waals surface area contributed by atoms with Gasteiger partial charge in [0.15, 0.2) is 5.82 Å². The minimum absolute atomic E-state index is 0.199. The zero-order valence-electron chi connectivity index (χ0n) is 10.1. The number of amides is 1. The van der Waals surface area contributed by atoms with Gasteiger partial charge in [-0.15, -0.1) is 0 Å².